The summed E-state index contributed by atoms with van der Waals surface area (Å²) in [5.74, 6) is -1.71. The predicted molar refractivity (Wildman–Crippen MR) is 133 cm³/mol. The third-order valence-corrected chi connectivity index (χ3v) is 6.98. The van der Waals surface area contributed by atoms with E-state index in [1.807, 2.05) is 0 Å². The van der Waals surface area contributed by atoms with Gasteiger partial charge < -0.3 is 10.2 Å². The summed E-state index contributed by atoms with van der Waals surface area (Å²) >= 11 is 17.3. The molecular formula is C25H15Cl3F7N3O2. The van der Waals surface area contributed by atoms with Crippen LogP contribution in [0.5, 0.6) is 0 Å². The van der Waals surface area contributed by atoms with Gasteiger partial charge in [-0.1, -0.05) is 46.0 Å². The van der Waals surface area contributed by atoms with Crippen LogP contribution in [0.4, 0.5) is 30.7 Å². The number of aryl methyl sites for hydroxylation is 1. The molecule has 0 bridgehead atoms. The van der Waals surface area contributed by atoms with Crippen LogP contribution in [-0.2, 0) is 23.2 Å². The fourth-order valence-corrected chi connectivity index (χ4v) is 4.68. The molecule has 0 saturated heterocycles. The molecule has 1 amide bonds. The van der Waals surface area contributed by atoms with Gasteiger partial charge >= 0.3 is 12.4 Å². The maximum Gasteiger partial charge on any atom is 0.435 e. The molecule has 1 unspecified atom stereocenters. The Hall–Kier alpha value is -3.09. The van der Waals surface area contributed by atoms with E-state index in [0.29, 0.717) is 17.8 Å². The van der Waals surface area contributed by atoms with Crippen LogP contribution < -0.4 is 5.32 Å². The average Bonchev–Trinajstić information content (AvgIpc) is 3.32. The van der Waals surface area contributed by atoms with E-state index in [9.17, 15) is 35.5 Å². The molecule has 2 aromatic carbocycles. The first-order valence-corrected chi connectivity index (χ1v) is 12.2. The standard InChI is InChI=1S/C25H15Cl3F7N3O2/c1-11-4-12(2-3-15(11)22(39)37-10-20-16(26)7-14(9-36-20)24(30,31)32)19-8-23(40-38-19,25(33,34)35)13-5-17(27)21(29)18(28)6-13/h2-7,9H,8,10H2,1H3,(H,37,39). The van der Waals surface area contributed by atoms with Crippen molar-refractivity contribution in [2.75, 3.05) is 0 Å². The average molecular weight is 629 g/mol. The Bertz CT molecular complexity index is 1500. The number of carbonyl (C=O) groups excluding carboxylic acids is 1. The third-order valence-electron chi connectivity index (χ3n) is 6.10. The van der Waals surface area contributed by atoms with Gasteiger partial charge in [0.1, 0.15) is 0 Å². The van der Waals surface area contributed by atoms with Crippen LogP contribution in [0.25, 0.3) is 0 Å². The molecule has 4 rings (SSSR count). The van der Waals surface area contributed by atoms with Gasteiger partial charge in [-0.25, -0.2) is 4.39 Å². The normalized spacial score (nSPS) is 17.4. The maximum atomic E-state index is 14.2. The predicted octanol–water partition coefficient (Wildman–Crippen LogP) is 8.02. The maximum absolute atomic E-state index is 14.2. The first-order chi connectivity index (χ1) is 18.5. The first kappa shape index (κ1) is 29.9. The molecule has 0 saturated carbocycles. The summed E-state index contributed by atoms with van der Waals surface area (Å²) in [5.41, 5.74) is -3.99. The van der Waals surface area contributed by atoms with E-state index in [1.54, 1.807) is 0 Å². The summed E-state index contributed by atoms with van der Waals surface area (Å²) in [6.07, 6.45) is -9.83. The number of aromatic nitrogens is 1. The molecule has 15 heteroatoms. The Labute approximate surface area is 236 Å². The second-order valence-electron chi connectivity index (χ2n) is 8.75. The zero-order valence-corrected chi connectivity index (χ0v) is 22.2. The first-order valence-electron chi connectivity index (χ1n) is 11.1. The highest BCUT2D eigenvalue weighted by Gasteiger charge is 2.62. The number of alkyl halides is 6. The van der Waals surface area contributed by atoms with Gasteiger partial charge in [-0.3, -0.25) is 9.78 Å². The molecule has 0 aliphatic carbocycles. The van der Waals surface area contributed by atoms with E-state index < -0.39 is 57.3 Å². The number of pyridine rings is 1. The second kappa shape index (κ2) is 10.7. The molecule has 1 atom stereocenters. The summed E-state index contributed by atoms with van der Waals surface area (Å²) in [4.78, 5) is 21.3. The van der Waals surface area contributed by atoms with Crippen molar-refractivity contribution in [1.82, 2.24) is 10.3 Å². The van der Waals surface area contributed by atoms with Crippen molar-refractivity contribution >= 4 is 46.4 Å². The van der Waals surface area contributed by atoms with Crippen molar-refractivity contribution in [2.45, 2.75) is 37.8 Å². The monoisotopic (exact) mass is 627 g/mol. The van der Waals surface area contributed by atoms with E-state index in [2.05, 4.69) is 15.5 Å². The highest BCUT2D eigenvalue weighted by Crippen LogP contribution is 2.50. The van der Waals surface area contributed by atoms with Gasteiger partial charge in [0.15, 0.2) is 5.82 Å². The number of carbonyl (C=O) groups is 1. The molecule has 5 nitrogen and oxygen atoms in total. The molecule has 40 heavy (non-hydrogen) atoms. The smallest absolute Gasteiger partial charge is 0.374 e. The molecule has 3 aromatic rings. The lowest BCUT2D eigenvalue weighted by Crippen LogP contribution is -2.42. The quantitative estimate of drug-likeness (QED) is 0.230. The number of halogens is 10. The Morgan fingerprint density at radius 2 is 1.68 bits per heavy atom. The van der Waals surface area contributed by atoms with Gasteiger partial charge in [0.25, 0.3) is 11.5 Å². The molecule has 1 aromatic heterocycles. The Kier molecular flexibility index (Phi) is 8.00. The van der Waals surface area contributed by atoms with E-state index in [0.717, 1.165) is 12.1 Å². The minimum absolute atomic E-state index is 0.000703. The van der Waals surface area contributed by atoms with Gasteiger partial charge in [-0.15, -0.1) is 0 Å². The number of nitrogens with zero attached hydrogens (tertiary/aromatic N) is 2. The molecule has 0 fully saturated rings. The summed E-state index contributed by atoms with van der Waals surface area (Å²) in [5, 5.41) is 4.57. The Balaban J connectivity index is 1.52. The SMILES string of the molecule is Cc1cc(C2=NOC(c3cc(Cl)c(F)c(Cl)c3)(C(F)(F)F)C2)ccc1C(=O)NCc1ncc(C(F)(F)F)cc1Cl. The van der Waals surface area contributed by atoms with Crippen LogP contribution in [0, 0.1) is 12.7 Å². The minimum Gasteiger partial charge on any atom is -0.374 e. The van der Waals surface area contributed by atoms with Crippen molar-refractivity contribution < 1.29 is 40.4 Å². The molecule has 0 spiro atoms. The summed E-state index contributed by atoms with van der Waals surface area (Å²) < 4.78 is 94.9. The van der Waals surface area contributed by atoms with E-state index in [1.165, 1.54) is 25.1 Å². The van der Waals surface area contributed by atoms with Crippen molar-refractivity contribution in [3.05, 3.63) is 97.0 Å². The van der Waals surface area contributed by atoms with Crippen LogP contribution in [0.15, 0.2) is 47.8 Å². The fraction of sp³-hybridized carbons (Fsp3) is 0.240. The van der Waals surface area contributed by atoms with Crippen LogP contribution >= 0.6 is 34.8 Å². The van der Waals surface area contributed by atoms with Gasteiger partial charge in [0.05, 0.1) is 38.6 Å². The fourth-order valence-electron chi connectivity index (χ4n) is 3.96. The minimum atomic E-state index is -4.99. The second-order valence-corrected chi connectivity index (χ2v) is 9.97. The number of hydrogen-bond donors (Lipinski definition) is 1. The van der Waals surface area contributed by atoms with Gasteiger partial charge in [0, 0.05) is 23.7 Å². The summed E-state index contributed by atoms with van der Waals surface area (Å²) in [7, 11) is 0. The van der Waals surface area contributed by atoms with Crippen molar-refractivity contribution in [2.24, 2.45) is 5.16 Å². The van der Waals surface area contributed by atoms with Crippen LogP contribution in [0.2, 0.25) is 15.1 Å². The van der Waals surface area contributed by atoms with Crippen LogP contribution in [-0.4, -0.2) is 22.8 Å². The highest BCUT2D eigenvalue weighted by atomic mass is 35.5. The van der Waals surface area contributed by atoms with Crippen molar-refractivity contribution in [1.29, 1.82) is 0 Å². The number of rotatable bonds is 5. The van der Waals surface area contributed by atoms with Gasteiger partial charge in [-0.05, 0) is 48.4 Å². The van der Waals surface area contributed by atoms with Gasteiger partial charge in [-0.2, -0.15) is 26.3 Å². The lowest BCUT2D eigenvalue weighted by molar-refractivity contribution is -0.275. The number of oxime groups is 1. The van der Waals surface area contributed by atoms with E-state index in [-0.39, 0.29) is 34.1 Å². The van der Waals surface area contributed by atoms with Crippen molar-refractivity contribution in [3.8, 4) is 0 Å². The van der Waals surface area contributed by atoms with E-state index >= 15 is 0 Å². The van der Waals surface area contributed by atoms with Gasteiger partial charge in [0.2, 0.25) is 0 Å². The number of hydrogen-bond acceptors (Lipinski definition) is 4. The number of nitrogens with one attached hydrogen (secondary N) is 1. The van der Waals surface area contributed by atoms with Crippen molar-refractivity contribution in [3.63, 3.8) is 0 Å². The lowest BCUT2D eigenvalue weighted by atomic mass is 9.86. The molecular weight excluding hydrogens is 614 g/mol. The molecule has 0 radical (unpaired) electrons. The molecule has 1 aliphatic rings. The molecule has 1 N–H and O–H groups in total. The molecule has 2 heterocycles. The summed E-state index contributed by atoms with van der Waals surface area (Å²) in [6.45, 7) is 1.24. The zero-order valence-electron chi connectivity index (χ0n) is 19.9. The third kappa shape index (κ3) is 5.70. The Morgan fingerprint density at radius 3 is 2.23 bits per heavy atom. The Morgan fingerprint density at radius 1 is 1.02 bits per heavy atom. The topological polar surface area (TPSA) is 63.6 Å². The van der Waals surface area contributed by atoms with Crippen LogP contribution in [0.1, 0.15) is 44.7 Å². The zero-order chi connectivity index (χ0) is 29.6. The van der Waals surface area contributed by atoms with E-state index in [4.69, 9.17) is 39.6 Å². The highest BCUT2D eigenvalue weighted by molar-refractivity contribution is 6.35. The van der Waals surface area contributed by atoms with Crippen LogP contribution in [0.3, 0.4) is 0 Å². The number of amides is 1. The lowest BCUT2D eigenvalue weighted by Gasteiger charge is -2.29. The molecule has 212 valence electrons. The number of benzene rings is 2. The largest absolute Gasteiger partial charge is 0.435 e. The molecule has 1 aliphatic heterocycles. The summed E-state index contributed by atoms with van der Waals surface area (Å²) in [6, 6.07) is 6.33.